The van der Waals surface area contributed by atoms with Crippen molar-refractivity contribution in [2.24, 2.45) is 0 Å². The van der Waals surface area contributed by atoms with Crippen LogP contribution in [0.5, 0.6) is 0 Å². The molecule has 2 aromatic rings. The van der Waals surface area contributed by atoms with Crippen LogP contribution in [0.1, 0.15) is 46.4 Å². The number of H-pyrrole nitrogens is 1. The number of hydrogen-bond acceptors (Lipinski definition) is 3. The van der Waals surface area contributed by atoms with Crippen LogP contribution in [0.4, 0.5) is 0 Å². The summed E-state index contributed by atoms with van der Waals surface area (Å²) >= 11 is 0. The van der Waals surface area contributed by atoms with Gasteiger partial charge in [-0.05, 0) is 57.2 Å². The third kappa shape index (κ3) is 2.72. The molecule has 0 saturated heterocycles. The zero-order chi connectivity index (χ0) is 17.6. The van der Waals surface area contributed by atoms with E-state index in [2.05, 4.69) is 17.1 Å². The topological polar surface area (TPSA) is 76.6 Å². The second kappa shape index (κ2) is 6.22. The van der Waals surface area contributed by atoms with Gasteiger partial charge >= 0.3 is 0 Å². The van der Waals surface area contributed by atoms with Crippen LogP contribution >= 0.6 is 0 Å². The van der Waals surface area contributed by atoms with E-state index in [4.69, 9.17) is 0 Å². The summed E-state index contributed by atoms with van der Waals surface area (Å²) in [7, 11) is 1.71. The van der Waals surface area contributed by atoms with Crippen molar-refractivity contribution in [3.63, 3.8) is 0 Å². The third-order valence-corrected chi connectivity index (χ3v) is 5.33. The summed E-state index contributed by atoms with van der Waals surface area (Å²) in [6.45, 7) is 6.03. The first-order chi connectivity index (χ1) is 11.3. The van der Waals surface area contributed by atoms with Crippen molar-refractivity contribution in [2.75, 3.05) is 7.05 Å². The Hall–Kier alpha value is -1.85. The van der Waals surface area contributed by atoms with Gasteiger partial charge in [-0.2, -0.15) is 0 Å². The SMILES string of the molecule is Cc1cc(C)c2[nH]c(C(=O)N(C)[C@@H]3CCC[C@@H](O)[C@@H]3O)c(C)c2c1. The van der Waals surface area contributed by atoms with E-state index >= 15 is 0 Å². The minimum absolute atomic E-state index is 0.140. The number of aryl methyl sites for hydroxylation is 3. The largest absolute Gasteiger partial charge is 0.390 e. The van der Waals surface area contributed by atoms with Gasteiger partial charge in [0.05, 0.1) is 12.1 Å². The van der Waals surface area contributed by atoms with Gasteiger partial charge in [0.1, 0.15) is 11.8 Å². The van der Waals surface area contributed by atoms with E-state index < -0.39 is 12.2 Å². The van der Waals surface area contributed by atoms with Gasteiger partial charge in [0.15, 0.2) is 0 Å². The summed E-state index contributed by atoms with van der Waals surface area (Å²) in [5, 5.41) is 21.2. The van der Waals surface area contributed by atoms with Crippen LogP contribution < -0.4 is 0 Å². The molecular weight excluding hydrogens is 304 g/mol. The van der Waals surface area contributed by atoms with E-state index in [0.29, 0.717) is 18.5 Å². The summed E-state index contributed by atoms with van der Waals surface area (Å²) in [6.07, 6.45) is 0.459. The van der Waals surface area contributed by atoms with E-state index in [0.717, 1.165) is 28.5 Å². The molecule has 1 aromatic carbocycles. The van der Waals surface area contributed by atoms with Crippen LogP contribution in [0.25, 0.3) is 10.9 Å². The number of nitrogens with one attached hydrogen (secondary N) is 1. The highest BCUT2D eigenvalue weighted by Crippen LogP contribution is 2.29. The Bertz CT molecular complexity index is 781. The van der Waals surface area contributed by atoms with Gasteiger partial charge in [-0.15, -0.1) is 0 Å². The molecule has 1 fully saturated rings. The minimum atomic E-state index is -0.888. The number of aromatic amines is 1. The smallest absolute Gasteiger partial charge is 0.270 e. The lowest BCUT2D eigenvalue weighted by Crippen LogP contribution is -2.51. The summed E-state index contributed by atoms with van der Waals surface area (Å²) in [6, 6.07) is 3.83. The Morgan fingerprint density at radius 1 is 1.21 bits per heavy atom. The zero-order valence-electron chi connectivity index (χ0n) is 14.8. The molecule has 1 heterocycles. The molecule has 0 bridgehead atoms. The molecule has 0 aliphatic heterocycles. The maximum atomic E-state index is 13.0. The number of likely N-dealkylation sites (N-methyl/N-ethyl adjacent to an activating group) is 1. The predicted molar refractivity (Wildman–Crippen MR) is 94.3 cm³/mol. The molecule has 1 saturated carbocycles. The standard InChI is InChI=1S/C19H26N2O3/c1-10-8-11(2)16-13(9-10)12(3)17(20-16)19(24)21(4)14-6-5-7-15(22)18(14)23/h8-9,14-15,18,20,22-23H,5-7H2,1-4H3/t14-,15-,18-/m1/s1. The monoisotopic (exact) mass is 330 g/mol. The number of benzene rings is 1. The van der Waals surface area contributed by atoms with Gasteiger partial charge in [0.2, 0.25) is 0 Å². The van der Waals surface area contributed by atoms with Crippen molar-refractivity contribution >= 4 is 16.8 Å². The number of carbonyl (C=O) groups excluding carboxylic acids is 1. The first kappa shape index (κ1) is 17.0. The quantitative estimate of drug-likeness (QED) is 0.791. The van der Waals surface area contributed by atoms with Crippen LogP contribution in [0.2, 0.25) is 0 Å². The van der Waals surface area contributed by atoms with Crippen LogP contribution in [0.15, 0.2) is 12.1 Å². The fourth-order valence-electron chi connectivity index (χ4n) is 3.88. The van der Waals surface area contributed by atoms with E-state index in [9.17, 15) is 15.0 Å². The van der Waals surface area contributed by atoms with Crippen LogP contribution in [0.3, 0.4) is 0 Å². The Labute approximate surface area is 142 Å². The second-order valence-corrected chi connectivity index (χ2v) is 7.10. The number of rotatable bonds is 2. The fourth-order valence-corrected chi connectivity index (χ4v) is 3.88. The molecule has 3 rings (SSSR count). The molecule has 5 heteroatoms. The van der Waals surface area contributed by atoms with Gasteiger partial charge in [-0.3, -0.25) is 4.79 Å². The Kier molecular flexibility index (Phi) is 4.40. The zero-order valence-corrected chi connectivity index (χ0v) is 14.8. The van der Waals surface area contributed by atoms with Crippen LogP contribution in [-0.4, -0.2) is 51.3 Å². The van der Waals surface area contributed by atoms with Crippen LogP contribution in [-0.2, 0) is 0 Å². The summed E-state index contributed by atoms with van der Waals surface area (Å²) in [5.41, 5.74) is 4.76. The second-order valence-electron chi connectivity index (χ2n) is 7.10. The lowest BCUT2D eigenvalue weighted by atomic mass is 9.89. The van der Waals surface area contributed by atoms with Crippen molar-refractivity contribution in [3.05, 3.63) is 34.5 Å². The van der Waals surface area contributed by atoms with Crippen molar-refractivity contribution in [1.29, 1.82) is 0 Å². The molecule has 0 unspecified atom stereocenters. The van der Waals surface area contributed by atoms with Crippen molar-refractivity contribution < 1.29 is 15.0 Å². The number of aliphatic hydroxyl groups excluding tert-OH is 2. The highest BCUT2D eigenvalue weighted by Gasteiger charge is 2.36. The van der Waals surface area contributed by atoms with Crippen molar-refractivity contribution in [1.82, 2.24) is 9.88 Å². The molecule has 130 valence electrons. The van der Waals surface area contributed by atoms with E-state index in [-0.39, 0.29) is 11.9 Å². The number of hydrogen-bond donors (Lipinski definition) is 3. The normalized spacial score (nSPS) is 24.3. The molecule has 1 aromatic heterocycles. The summed E-state index contributed by atoms with van der Waals surface area (Å²) < 4.78 is 0. The Balaban J connectivity index is 1.96. The average molecular weight is 330 g/mol. The predicted octanol–water partition coefficient (Wildman–Crippen LogP) is 2.44. The fraction of sp³-hybridized carbons (Fsp3) is 0.526. The molecule has 0 spiro atoms. The molecule has 1 aliphatic rings. The van der Waals surface area contributed by atoms with Gasteiger partial charge in [0.25, 0.3) is 5.91 Å². The molecule has 0 radical (unpaired) electrons. The molecule has 24 heavy (non-hydrogen) atoms. The van der Waals surface area contributed by atoms with Crippen LogP contribution in [0, 0.1) is 20.8 Å². The van der Waals surface area contributed by atoms with Crippen molar-refractivity contribution in [3.8, 4) is 0 Å². The van der Waals surface area contributed by atoms with Crippen molar-refractivity contribution in [2.45, 2.75) is 58.3 Å². The molecule has 1 aliphatic carbocycles. The maximum absolute atomic E-state index is 13.0. The Morgan fingerprint density at radius 2 is 1.92 bits per heavy atom. The van der Waals surface area contributed by atoms with Gasteiger partial charge in [-0.25, -0.2) is 0 Å². The lowest BCUT2D eigenvalue weighted by Gasteiger charge is -2.37. The highest BCUT2D eigenvalue weighted by atomic mass is 16.3. The molecule has 1 amide bonds. The van der Waals surface area contributed by atoms with Gasteiger partial charge < -0.3 is 20.1 Å². The highest BCUT2D eigenvalue weighted by molar-refractivity contribution is 6.01. The first-order valence-electron chi connectivity index (χ1n) is 8.54. The lowest BCUT2D eigenvalue weighted by molar-refractivity contribution is -0.0527. The number of fused-ring (bicyclic) bond motifs is 1. The summed E-state index contributed by atoms with van der Waals surface area (Å²) in [4.78, 5) is 17.8. The van der Waals surface area contributed by atoms with E-state index in [1.807, 2.05) is 20.8 Å². The summed E-state index contributed by atoms with van der Waals surface area (Å²) in [5.74, 6) is -0.140. The van der Waals surface area contributed by atoms with Gasteiger partial charge in [0, 0.05) is 18.0 Å². The molecular formula is C19H26N2O3. The number of amides is 1. The average Bonchev–Trinajstić information content (AvgIpc) is 2.86. The van der Waals surface area contributed by atoms with E-state index in [1.165, 1.54) is 5.56 Å². The molecule has 3 atom stereocenters. The number of nitrogens with zero attached hydrogens (tertiary/aromatic N) is 1. The minimum Gasteiger partial charge on any atom is -0.390 e. The third-order valence-electron chi connectivity index (χ3n) is 5.33. The number of aromatic nitrogens is 1. The number of aliphatic hydroxyl groups is 2. The van der Waals surface area contributed by atoms with Gasteiger partial charge in [-0.1, -0.05) is 11.6 Å². The maximum Gasteiger partial charge on any atom is 0.270 e. The molecule has 5 nitrogen and oxygen atoms in total. The number of carbonyl (C=O) groups is 1. The first-order valence-corrected chi connectivity index (χ1v) is 8.54. The van der Waals surface area contributed by atoms with E-state index in [1.54, 1.807) is 11.9 Å². The Morgan fingerprint density at radius 3 is 2.62 bits per heavy atom. The molecule has 3 N–H and O–H groups in total.